The average molecular weight is 360 g/mol. The molecule has 4 nitrogen and oxygen atoms in total. The fourth-order valence-electron chi connectivity index (χ4n) is 3.29. The van der Waals surface area contributed by atoms with Crippen LogP contribution in [-0.2, 0) is 4.74 Å². The van der Waals surface area contributed by atoms with Gasteiger partial charge in [0.2, 0.25) is 0 Å². The number of carbonyl (C=O) groups is 1. The van der Waals surface area contributed by atoms with E-state index in [1.54, 1.807) is 12.0 Å². The van der Waals surface area contributed by atoms with Gasteiger partial charge in [-0.1, -0.05) is 31.4 Å². The number of ether oxygens (including phenoxy) is 2. The Labute approximate surface area is 158 Å². The molecule has 4 heteroatoms. The van der Waals surface area contributed by atoms with Crippen molar-refractivity contribution in [2.45, 2.75) is 71.4 Å². The predicted octanol–water partition coefficient (Wildman–Crippen LogP) is 5.96. The summed E-state index contributed by atoms with van der Waals surface area (Å²) >= 11 is 0. The highest BCUT2D eigenvalue weighted by molar-refractivity contribution is 5.89. The number of rotatable bonds is 5. The molecule has 1 aliphatic carbocycles. The van der Waals surface area contributed by atoms with E-state index in [4.69, 9.17) is 9.47 Å². The Morgan fingerprint density at radius 3 is 2.31 bits per heavy atom. The van der Waals surface area contributed by atoms with Crippen LogP contribution in [-0.4, -0.2) is 24.8 Å². The molecule has 0 radical (unpaired) electrons. The minimum absolute atomic E-state index is 0.0832. The lowest BCUT2D eigenvalue weighted by Gasteiger charge is -2.31. The largest absolute Gasteiger partial charge is 0.497 e. The van der Waals surface area contributed by atoms with Crippen LogP contribution in [0.15, 0.2) is 36.4 Å². The van der Waals surface area contributed by atoms with Gasteiger partial charge in [0.15, 0.2) is 0 Å². The van der Waals surface area contributed by atoms with Crippen molar-refractivity contribution >= 4 is 11.8 Å². The molecule has 1 atom stereocenters. The van der Waals surface area contributed by atoms with Crippen molar-refractivity contribution in [2.24, 2.45) is 5.92 Å². The number of hydrogen-bond donors (Lipinski definition) is 0. The molecule has 0 heterocycles. The summed E-state index contributed by atoms with van der Waals surface area (Å²) in [6, 6.07) is 7.44. The van der Waals surface area contributed by atoms with Crippen molar-refractivity contribution in [1.29, 1.82) is 0 Å². The summed E-state index contributed by atoms with van der Waals surface area (Å²) in [5, 5.41) is 0. The van der Waals surface area contributed by atoms with E-state index < -0.39 is 5.60 Å². The Bertz CT molecular complexity index is 595. The number of allylic oxidation sites excluding steroid dienone is 1. The molecule has 1 saturated carbocycles. The van der Waals surface area contributed by atoms with Crippen LogP contribution in [0.2, 0.25) is 0 Å². The minimum Gasteiger partial charge on any atom is -0.497 e. The van der Waals surface area contributed by atoms with Crippen molar-refractivity contribution in [3.63, 3.8) is 0 Å². The van der Waals surface area contributed by atoms with Gasteiger partial charge in [0, 0.05) is 5.69 Å². The molecule has 0 aromatic heterocycles. The number of amides is 1. The highest BCUT2D eigenvalue weighted by Crippen LogP contribution is 2.27. The average Bonchev–Trinajstić information content (AvgIpc) is 2.60. The third-order valence-electron chi connectivity index (χ3n) is 4.66. The van der Waals surface area contributed by atoms with E-state index in [0.29, 0.717) is 5.92 Å². The molecule has 2 rings (SSSR count). The third-order valence-corrected chi connectivity index (χ3v) is 4.66. The van der Waals surface area contributed by atoms with Gasteiger partial charge in [0.1, 0.15) is 11.4 Å². The van der Waals surface area contributed by atoms with E-state index in [-0.39, 0.29) is 12.1 Å². The molecule has 0 N–H and O–H groups in total. The lowest BCUT2D eigenvalue weighted by atomic mass is 9.89. The van der Waals surface area contributed by atoms with Gasteiger partial charge in [-0.25, -0.2) is 4.79 Å². The molecule has 1 aromatic carbocycles. The SMILES string of the molecule is COc1ccc(N(C(=O)OC(C)(C)C)[C@@H](C)/C=C/C2CCCCC2)cc1. The van der Waals surface area contributed by atoms with Crippen LogP contribution in [0.1, 0.15) is 59.8 Å². The highest BCUT2D eigenvalue weighted by atomic mass is 16.6. The van der Waals surface area contributed by atoms with Crippen LogP contribution in [0.5, 0.6) is 5.75 Å². The number of methoxy groups -OCH3 is 1. The Morgan fingerprint density at radius 2 is 1.77 bits per heavy atom. The van der Waals surface area contributed by atoms with Crippen molar-refractivity contribution < 1.29 is 14.3 Å². The number of anilines is 1. The van der Waals surface area contributed by atoms with Crippen molar-refractivity contribution in [3.05, 3.63) is 36.4 Å². The minimum atomic E-state index is -0.533. The van der Waals surface area contributed by atoms with Gasteiger partial charge < -0.3 is 9.47 Å². The van der Waals surface area contributed by atoms with Crippen LogP contribution in [0.4, 0.5) is 10.5 Å². The number of benzene rings is 1. The molecule has 1 fully saturated rings. The van der Waals surface area contributed by atoms with Crippen molar-refractivity contribution in [2.75, 3.05) is 12.0 Å². The second-order valence-electron chi connectivity index (χ2n) is 8.07. The second-order valence-corrected chi connectivity index (χ2v) is 8.07. The molecule has 0 spiro atoms. The van der Waals surface area contributed by atoms with Crippen LogP contribution >= 0.6 is 0 Å². The zero-order valence-electron chi connectivity index (χ0n) is 16.8. The van der Waals surface area contributed by atoms with Crippen molar-refractivity contribution in [1.82, 2.24) is 0 Å². The lowest BCUT2D eigenvalue weighted by Crippen LogP contribution is -2.41. The third kappa shape index (κ3) is 6.08. The molecular weight excluding hydrogens is 326 g/mol. The molecule has 0 saturated heterocycles. The fraction of sp³-hybridized carbons (Fsp3) is 0.591. The highest BCUT2D eigenvalue weighted by Gasteiger charge is 2.26. The number of hydrogen-bond acceptors (Lipinski definition) is 3. The van der Waals surface area contributed by atoms with Crippen molar-refractivity contribution in [3.8, 4) is 5.75 Å². The lowest BCUT2D eigenvalue weighted by molar-refractivity contribution is 0.0574. The first-order valence-electron chi connectivity index (χ1n) is 9.65. The molecule has 1 amide bonds. The van der Waals surface area contributed by atoms with E-state index in [1.807, 2.05) is 52.0 Å². The van der Waals surface area contributed by atoms with Crippen LogP contribution in [0.25, 0.3) is 0 Å². The second kappa shape index (κ2) is 9.11. The van der Waals surface area contributed by atoms with Gasteiger partial charge in [0.05, 0.1) is 13.2 Å². The standard InChI is InChI=1S/C22H33NO3/c1-17(11-12-18-9-7-6-8-10-18)23(21(24)26-22(2,3)4)19-13-15-20(25-5)16-14-19/h11-18H,6-10H2,1-5H3/b12-11+/t17-/m0/s1. The molecule has 144 valence electrons. The van der Waals surface area contributed by atoms with E-state index in [0.717, 1.165) is 11.4 Å². The molecule has 0 bridgehead atoms. The Kier molecular flexibility index (Phi) is 7.13. The maximum absolute atomic E-state index is 12.8. The Balaban J connectivity index is 2.20. The summed E-state index contributed by atoms with van der Waals surface area (Å²) in [5.74, 6) is 1.39. The number of nitrogens with zero attached hydrogens (tertiary/aromatic N) is 1. The molecular formula is C22H33NO3. The van der Waals surface area contributed by atoms with E-state index in [1.165, 1.54) is 32.1 Å². The van der Waals surface area contributed by atoms with Gasteiger partial charge in [-0.2, -0.15) is 0 Å². The maximum Gasteiger partial charge on any atom is 0.415 e. The first-order chi connectivity index (χ1) is 12.3. The summed E-state index contributed by atoms with van der Waals surface area (Å²) < 4.78 is 10.9. The molecule has 1 aliphatic rings. The van der Waals surface area contributed by atoms with Crippen LogP contribution in [0.3, 0.4) is 0 Å². The molecule has 26 heavy (non-hydrogen) atoms. The summed E-state index contributed by atoms with van der Waals surface area (Å²) in [4.78, 5) is 14.6. The first-order valence-corrected chi connectivity index (χ1v) is 9.65. The maximum atomic E-state index is 12.8. The molecule has 0 aliphatic heterocycles. The Morgan fingerprint density at radius 1 is 1.15 bits per heavy atom. The van der Waals surface area contributed by atoms with Gasteiger partial charge in [0.25, 0.3) is 0 Å². The molecule has 0 unspecified atom stereocenters. The van der Waals surface area contributed by atoms with Gasteiger partial charge in [-0.3, -0.25) is 4.90 Å². The smallest absolute Gasteiger partial charge is 0.415 e. The summed E-state index contributed by atoms with van der Waals surface area (Å²) in [5.41, 5.74) is 0.273. The quantitative estimate of drug-likeness (QED) is 0.609. The number of carbonyl (C=O) groups excluding carboxylic acids is 1. The summed E-state index contributed by atoms with van der Waals surface area (Å²) in [6.45, 7) is 7.70. The van der Waals surface area contributed by atoms with E-state index >= 15 is 0 Å². The summed E-state index contributed by atoms with van der Waals surface area (Å²) in [7, 11) is 1.64. The normalized spacial score (nSPS) is 17.1. The summed E-state index contributed by atoms with van der Waals surface area (Å²) in [6.07, 6.45) is 10.5. The van der Waals surface area contributed by atoms with Gasteiger partial charge in [-0.15, -0.1) is 0 Å². The van der Waals surface area contributed by atoms with Gasteiger partial charge >= 0.3 is 6.09 Å². The van der Waals surface area contributed by atoms with E-state index in [2.05, 4.69) is 12.2 Å². The van der Waals surface area contributed by atoms with Crippen LogP contribution < -0.4 is 9.64 Å². The molecule has 1 aromatic rings. The predicted molar refractivity (Wildman–Crippen MR) is 107 cm³/mol. The topological polar surface area (TPSA) is 38.8 Å². The van der Waals surface area contributed by atoms with E-state index in [9.17, 15) is 4.79 Å². The van der Waals surface area contributed by atoms with Crippen LogP contribution in [0, 0.1) is 5.92 Å². The fourth-order valence-corrected chi connectivity index (χ4v) is 3.29. The first kappa shape index (κ1) is 20.3. The monoisotopic (exact) mass is 359 g/mol. The van der Waals surface area contributed by atoms with Gasteiger partial charge in [-0.05, 0) is 70.7 Å². The zero-order valence-corrected chi connectivity index (χ0v) is 16.8. The zero-order chi connectivity index (χ0) is 19.2. The Hall–Kier alpha value is -1.97.